The lowest BCUT2D eigenvalue weighted by Crippen LogP contribution is -2.61. The van der Waals surface area contributed by atoms with Crippen LogP contribution in [0.3, 0.4) is 0 Å². The second-order valence-corrected chi connectivity index (χ2v) is 10.9. The molecule has 36 heavy (non-hydrogen) atoms. The maximum absolute atomic E-state index is 15.3. The Labute approximate surface area is 209 Å². The smallest absolute Gasteiger partial charge is 0.410 e. The number of halogens is 1. The summed E-state index contributed by atoms with van der Waals surface area (Å²) in [7, 11) is 1.61. The number of allylic oxidation sites excluding steroid dienone is 1. The predicted molar refractivity (Wildman–Crippen MR) is 125 cm³/mol. The lowest BCUT2D eigenvalue weighted by Gasteiger charge is -2.46. The number of ether oxygens (including phenoxy) is 4. The summed E-state index contributed by atoms with van der Waals surface area (Å²) >= 11 is 0. The average Bonchev–Trinajstić information content (AvgIpc) is 3.73. The highest BCUT2D eigenvalue weighted by Crippen LogP contribution is 2.59. The number of epoxide rings is 2. The lowest BCUT2D eigenvalue weighted by atomic mass is 9.68. The van der Waals surface area contributed by atoms with Crippen LogP contribution in [0.4, 0.5) is 9.18 Å². The number of carboxylic acids is 1. The molecule has 1 aromatic heterocycles. The molecule has 0 bridgehead atoms. The van der Waals surface area contributed by atoms with Gasteiger partial charge in [-0.3, -0.25) is 4.98 Å². The van der Waals surface area contributed by atoms with Gasteiger partial charge in [-0.05, 0) is 52.2 Å². The van der Waals surface area contributed by atoms with Gasteiger partial charge in [-0.1, -0.05) is 11.6 Å². The highest BCUT2D eigenvalue weighted by atomic mass is 19.1. The zero-order chi connectivity index (χ0) is 25.9. The van der Waals surface area contributed by atoms with E-state index in [9.17, 15) is 9.59 Å². The Morgan fingerprint density at radius 3 is 2.61 bits per heavy atom. The normalized spacial score (nSPS) is 36.1. The summed E-state index contributed by atoms with van der Waals surface area (Å²) in [6.45, 7) is 6.41. The summed E-state index contributed by atoms with van der Waals surface area (Å²) < 4.78 is 39.2. The van der Waals surface area contributed by atoms with Crippen molar-refractivity contribution in [3.8, 4) is 0 Å². The fraction of sp³-hybridized carbons (Fsp3) is 0.654. The monoisotopic (exact) mass is 504 g/mol. The Balaban J connectivity index is 1.23. The maximum Gasteiger partial charge on any atom is 0.410 e. The molecule has 0 aromatic carbocycles. The van der Waals surface area contributed by atoms with Crippen molar-refractivity contribution >= 4 is 12.1 Å². The van der Waals surface area contributed by atoms with Gasteiger partial charge < -0.3 is 29.0 Å². The van der Waals surface area contributed by atoms with E-state index in [0.29, 0.717) is 13.0 Å². The van der Waals surface area contributed by atoms with Gasteiger partial charge in [0.25, 0.3) is 0 Å². The largest absolute Gasteiger partial charge is 0.478 e. The fourth-order valence-electron chi connectivity index (χ4n) is 5.91. The van der Waals surface area contributed by atoms with Crippen molar-refractivity contribution in [1.82, 2.24) is 9.88 Å². The Morgan fingerprint density at radius 1 is 1.33 bits per heavy atom. The highest BCUT2D eigenvalue weighted by molar-refractivity contribution is 5.87. The van der Waals surface area contributed by atoms with Crippen LogP contribution in [0, 0.1) is 5.92 Å². The summed E-state index contributed by atoms with van der Waals surface area (Å²) in [6.07, 6.45) is 3.94. The molecule has 1 spiro atoms. The number of alkyl halides is 1. The summed E-state index contributed by atoms with van der Waals surface area (Å²) in [4.78, 5) is 29.2. The van der Waals surface area contributed by atoms with Crippen LogP contribution in [-0.4, -0.2) is 83.4 Å². The topological polar surface area (TPSA) is 114 Å². The summed E-state index contributed by atoms with van der Waals surface area (Å²) in [5, 5.41) is 9.00. The molecule has 196 valence electrons. The number of hydrogen-bond donors (Lipinski definition) is 1. The third-order valence-corrected chi connectivity index (χ3v) is 8.10. The summed E-state index contributed by atoms with van der Waals surface area (Å²) in [5.41, 5.74) is -1.30. The molecule has 1 aliphatic carbocycles. The first-order chi connectivity index (χ1) is 17.0. The molecule has 6 atom stereocenters. The fourth-order valence-corrected chi connectivity index (χ4v) is 5.91. The molecule has 1 amide bonds. The van der Waals surface area contributed by atoms with E-state index in [4.69, 9.17) is 24.1 Å². The van der Waals surface area contributed by atoms with Crippen molar-refractivity contribution in [2.45, 2.75) is 75.2 Å². The van der Waals surface area contributed by atoms with Gasteiger partial charge >= 0.3 is 12.1 Å². The Bertz CT molecular complexity index is 1060. The molecule has 4 fully saturated rings. The minimum atomic E-state index is -1.84. The molecule has 10 heteroatoms. The van der Waals surface area contributed by atoms with Crippen LogP contribution in [0.2, 0.25) is 0 Å². The van der Waals surface area contributed by atoms with Gasteiger partial charge in [0, 0.05) is 13.3 Å². The molecule has 0 unspecified atom stereocenters. The Kier molecular flexibility index (Phi) is 6.12. The molecule has 0 radical (unpaired) electrons. The minimum absolute atomic E-state index is 0.0239. The Morgan fingerprint density at radius 2 is 2.06 bits per heavy atom. The summed E-state index contributed by atoms with van der Waals surface area (Å²) in [6, 6.07) is 2.65. The van der Waals surface area contributed by atoms with Crippen LogP contribution in [-0.2, 0) is 24.6 Å². The van der Waals surface area contributed by atoms with Crippen LogP contribution in [0.1, 0.15) is 56.1 Å². The van der Waals surface area contributed by atoms with Crippen molar-refractivity contribution in [3.05, 3.63) is 41.2 Å². The highest BCUT2D eigenvalue weighted by Gasteiger charge is 2.72. The third-order valence-electron chi connectivity index (χ3n) is 8.10. The second kappa shape index (κ2) is 8.78. The van der Waals surface area contributed by atoms with Crippen molar-refractivity contribution in [2.75, 3.05) is 26.8 Å². The number of carbonyl (C=O) groups is 2. The van der Waals surface area contributed by atoms with E-state index < -0.39 is 35.5 Å². The van der Waals surface area contributed by atoms with E-state index in [-0.39, 0.29) is 42.0 Å². The number of likely N-dealkylation sites (tertiary alicyclic amines) is 1. The van der Waals surface area contributed by atoms with E-state index in [2.05, 4.69) is 31.8 Å². The Hall–Kier alpha value is -2.56. The molecule has 1 saturated carbocycles. The van der Waals surface area contributed by atoms with Crippen molar-refractivity contribution in [1.29, 1.82) is 0 Å². The number of carboxylic acid groups (broad SMARTS) is 1. The number of carbonyl (C=O) groups excluding carboxylic acids is 1. The van der Waals surface area contributed by atoms with E-state index in [1.165, 1.54) is 22.6 Å². The average molecular weight is 505 g/mol. The molecule has 9 nitrogen and oxygen atoms in total. The zero-order valence-electron chi connectivity index (χ0n) is 21.0. The van der Waals surface area contributed by atoms with Gasteiger partial charge in [0.05, 0.1) is 43.0 Å². The molecule has 4 heterocycles. The van der Waals surface area contributed by atoms with E-state index >= 15 is 4.39 Å². The number of pyridine rings is 1. The molecule has 4 aliphatic rings. The first-order valence-electron chi connectivity index (χ1n) is 12.3. The molecule has 1 N–H and O–H groups in total. The van der Waals surface area contributed by atoms with E-state index in [1.54, 1.807) is 7.11 Å². The zero-order valence-corrected chi connectivity index (χ0v) is 21.0. The van der Waals surface area contributed by atoms with Gasteiger partial charge in [-0.25, -0.2) is 14.0 Å². The van der Waals surface area contributed by atoms with Crippen molar-refractivity contribution in [2.24, 2.45) is 5.92 Å². The summed E-state index contributed by atoms with van der Waals surface area (Å²) in [5.74, 6) is -1.22. The van der Waals surface area contributed by atoms with Crippen molar-refractivity contribution in [3.63, 3.8) is 0 Å². The van der Waals surface area contributed by atoms with Gasteiger partial charge in [0.15, 0.2) is 5.67 Å². The maximum atomic E-state index is 15.3. The number of aromatic nitrogens is 1. The quantitative estimate of drug-likeness (QED) is 0.444. The molecule has 3 aliphatic heterocycles. The molecule has 3 saturated heterocycles. The molecule has 5 rings (SSSR count). The van der Waals surface area contributed by atoms with Gasteiger partial charge in [-0.2, -0.15) is 0 Å². The number of methoxy groups -OCH3 is 1. The minimum Gasteiger partial charge on any atom is -0.478 e. The van der Waals surface area contributed by atoms with Gasteiger partial charge in [0.1, 0.15) is 23.4 Å². The van der Waals surface area contributed by atoms with Crippen molar-refractivity contribution < 1.29 is 38.0 Å². The number of hydrogen-bond acceptors (Lipinski definition) is 7. The van der Waals surface area contributed by atoms with Crippen LogP contribution in [0.15, 0.2) is 30.0 Å². The number of rotatable bonds is 7. The number of aromatic carboxylic acids is 1. The third kappa shape index (κ3) is 4.29. The number of amides is 1. The van der Waals surface area contributed by atoms with Crippen LogP contribution < -0.4 is 0 Å². The van der Waals surface area contributed by atoms with E-state index in [1.807, 2.05) is 0 Å². The van der Waals surface area contributed by atoms with E-state index in [0.717, 1.165) is 19.0 Å². The standard InChI is InChI=1S/C26H33FN2O7/c1-15(2)5-8-19-24(3,36-19)21-20(33-4)17(9-10-26(21)14-34-26)35-23(32)29-12-25(27,13-29)18-7-6-16(11-28-18)22(30)31/h5-7,11,17,19-21H,8-10,12-14H2,1-4H3,(H,30,31)/t17-,19-,20-,21-,24+,26+/m1/s1. The second-order valence-electron chi connectivity index (χ2n) is 10.9. The first kappa shape index (κ1) is 25.1. The SMILES string of the molecule is CO[C@@H]1[C@H](OC(=O)N2CC(F)(c3ccc(C(=O)O)cn3)C2)CC[C@]2(CO2)[C@H]1[C@@]1(C)O[C@@H]1CC=C(C)C. The van der Waals surface area contributed by atoms with Gasteiger partial charge in [-0.15, -0.1) is 0 Å². The molecular formula is C26H33FN2O7. The van der Waals surface area contributed by atoms with Gasteiger partial charge in [0.2, 0.25) is 0 Å². The van der Waals surface area contributed by atoms with Crippen LogP contribution >= 0.6 is 0 Å². The number of nitrogens with zero attached hydrogens (tertiary/aromatic N) is 2. The van der Waals surface area contributed by atoms with Crippen LogP contribution in [0.5, 0.6) is 0 Å². The molecule has 1 aromatic rings. The first-order valence-corrected chi connectivity index (χ1v) is 12.3. The van der Waals surface area contributed by atoms with Crippen LogP contribution in [0.25, 0.3) is 0 Å². The lowest BCUT2D eigenvalue weighted by molar-refractivity contribution is -0.129. The molecular weight excluding hydrogens is 471 g/mol. The predicted octanol–water partition coefficient (Wildman–Crippen LogP) is 3.47.